The minimum atomic E-state index is -3.41. The Hall–Kier alpha value is -1.63. The molecule has 0 aliphatic heterocycles. The van der Waals surface area contributed by atoms with Crippen LogP contribution in [0.2, 0.25) is 0 Å². The number of amides is 3. The van der Waals surface area contributed by atoms with Crippen LogP contribution in [0.25, 0.3) is 0 Å². The second-order valence-corrected chi connectivity index (χ2v) is 5.29. The van der Waals surface area contributed by atoms with Gasteiger partial charge in [0.2, 0.25) is 0 Å². The van der Waals surface area contributed by atoms with Gasteiger partial charge in [-0.15, -0.1) is 0 Å². The van der Waals surface area contributed by atoms with Crippen molar-refractivity contribution in [2.24, 2.45) is 0 Å². The Labute approximate surface area is 94.3 Å². The SMILES string of the molecule is C=CC(=O)NC(=O)NCC(C)S(=O)(=O)C=C. The van der Waals surface area contributed by atoms with Gasteiger partial charge in [0.1, 0.15) is 0 Å². The van der Waals surface area contributed by atoms with Crippen molar-refractivity contribution in [3.8, 4) is 0 Å². The molecule has 0 aliphatic carbocycles. The van der Waals surface area contributed by atoms with Crippen LogP contribution in [-0.2, 0) is 14.6 Å². The van der Waals surface area contributed by atoms with Gasteiger partial charge in [-0.3, -0.25) is 10.1 Å². The molecule has 7 heteroatoms. The number of carbonyl (C=O) groups is 2. The minimum Gasteiger partial charge on any atom is -0.336 e. The van der Waals surface area contributed by atoms with E-state index in [0.717, 1.165) is 11.5 Å². The predicted octanol–water partition coefficient (Wildman–Crippen LogP) is -0.0550. The van der Waals surface area contributed by atoms with Gasteiger partial charge in [0.05, 0.1) is 5.25 Å². The second kappa shape index (κ2) is 6.06. The number of hydrogen-bond acceptors (Lipinski definition) is 4. The molecule has 0 spiro atoms. The maximum absolute atomic E-state index is 11.2. The Balaban J connectivity index is 4.17. The van der Waals surface area contributed by atoms with E-state index < -0.39 is 27.0 Å². The van der Waals surface area contributed by atoms with Crippen LogP contribution in [-0.4, -0.2) is 32.2 Å². The van der Waals surface area contributed by atoms with Crippen molar-refractivity contribution >= 4 is 21.8 Å². The first-order chi connectivity index (χ1) is 7.33. The average molecular weight is 246 g/mol. The summed E-state index contributed by atoms with van der Waals surface area (Å²) in [4.78, 5) is 21.7. The van der Waals surface area contributed by atoms with Gasteiger partial charge < -0.3 is 5.32 Å². The molecule has 0 rings (SSSR count). The van der Waals surface area contributed by atoms with Gasteiger partial charge in [-0.1, -0.05) is 13.2 Å². The summed E-state index contributed by atoms with van der Waals surface area (Å²) in [6.07, 6.45) is 0.934. The predicted molar refractivity (Wildman–Crippen MR) is 60.3 cm³/mol. The van der Waals surface area contributed by atoms with Gasteiger partial charge in [-0.05, 0) is 13.0 Å². The van der Waals surface area contributed by atoms with Crippen molar-refractivity contribution in [2.45, 2.75) is 12.2 Å². The highest BCUT2D eigenvalue weighted by molar-refractivity contribution is 7.94. The topological polar surface area (TPSA) is 92.3 Å². The molecule has 0 bridgehead atoms. The van der Waals surface area contributed by atoms with Gasteiger partial charge in [0.25, 0.3) is 5.91 Å². The molecule has 0 aromatic heterocycles. The molecule has 0 radical (unpaired) electrons. The Bertz CT molecular complexity index is 400. The highest BCUT2D eigenvalue weighted by Gasteiger charge is 2.17. The van der Waals surface area contributed by atoms with E-state index in [1.54, 1.807) is 0 Å². The van der Waals surface area contributed by atoms with Gasteiger partial charge in [0, 0.05) is 12.0 Å². The summed E-state index contributed by atoms with van der Waals surface area (Å²) in [7, 11) is -3.41. The van der Waals surface area contributed by atoms with E-state index >= 15 is 0 Å². The van der Waals surface area contributed by atoms with Crippen LogP contribution in [0, 0.1) is 0 Å². The molecular weight excluding hydrogens is 232 g/mol. The van der Waals surface area contributed by atoms with Crippen molar-refractivity contribution in [1.29, 1.82) is 0 Å². The van der Waals surface area contributed by atoms with E-state index in [0.29, 0.717) is 0 Å². The minimum absolute atomic E-state index is 0.107. The monoisotopic (exact) mass is 246 g/mol. The molecule has 2 N–H and O–H groups in total. The zero-order valence-corrected chi connectivity index (χ0v) is 9.71. The molecule has 0 saturated heterocycles. The third-order valence-electron chi connectivity index (χ3n) is 1.77. The second-order valence-electron chi connectivity index (χ2n) is 2.97. The summed E-state index contributed by atoms with van der Waals surface area (Å²) in [6.45, 7) is 7.64. The van der Waals surface area contributed by atoms with Crippen LogP contribution in [0.5, 0.6) is 0 Å². The molecular formula is C9H14N2O4S. The molecule has 0 aromatic rings. The fourth-order valence-electron chi connectivity index (χ4n) is 0.724. The summed E-state index contributed by atoms with van der Waals surface area (Å²) in [5.74, 6) is -0.656. The van der Waals surface area contributed by atoms with E-state index in [1.165, 1.54) is 6.92 Å². The summed E-state index contributed by atoms with van der Waals surface area (Å²) < 4.78 is 22.4. The van der Waals surface area contributed by atoms with E-state index in [-0.39, 0.29) is 6.54 Å². The fourth-order valence-corrected chi connectivity index (χ4v) is 1.37. The molecule has 16 heavy (non-hydrogen) atoms. The van der Waals surface area contributed by atoms with Crippen LogP contribution in [0.3, 0.4) is 0 Å². The number of carbonyl (C=O) groups excluding carboxylic acids is 2. The Morgan fingerprint density at radius 2 is 1.94 bits per heavy atom. The van der Waals surface area contributed by atoms with Gasteiger partial charge >= 0.3 is 6.03 Å². The summed E-state index contributed by atoms with van der Waals surface area (Å²) in [6, 6.07) is -0.768. The first-order valence-electron chi connectivity index (χ1n) is 4.41. The number of rotatable bonds is 5. The highest BCUT2D eigenvalue weighted by atomic mass is 32.2. The normalized spacial score (nSPS) is 12.3. The molecule has 0 heterocycles. The lowest BCUT2D eigenvalue weighted by Gasteiger charge is -2.10. The first kappa shape index (κ1) is 14.4. The lowest BCUT2D eigenvalue weighted by Crippen LogP contribution is -2.42. The van der Waals surface area contributed by atoms with E-state index in [1.807, 2.05) is 5.32 Å². The van der Waals surface area contributed by atoms with Crippen molar-refractivity contribution in [1.82, 2.24) is 10.6 Å². The summed E-state index contributed by atoms with van der Waals surface area (Å²) in [5, 5.41) is 4.20. The highest BCUT2D eigenvalue weighted by Crippen LogP contribution is 2.00. The van der Waals surface area contributed by atoms with E-state index in [9.17, 15) is 18.0 Å². The first-order valence-corrected chi connectivity index (χ1v) is 6.02. The lowest BCUT2D eigenvalue weighted by molar-refractivity contribution is -0.115. The van der Waals surface area contributed by atoms with Crippen molar-refractivity contribution in [3.63, 3.8) is 0 Å². The average Bonchev–Trinajstić information content (AvgIpc) is 2.25. The van der Waals surface area contributed by atoms with Crippen LogP contribution < -0.4 is 10.6 Å². The van der Waals surface area contributed by atoms with Crippen LogP contribution in [0.1, 0.15) is 6.92 Å². The summed E-state index contributed by atoms with van der Waals surface area (Å²) in [5.41, 5.74) is 0. The quantitative estimate of drug-likeness (QED) is 0.665. The molecule has 0 aromatic carbocycles. The van der Waals surface area contributed by atoms with E-state index in [2.05, 4.69) is 18.5 Å². The van der Waals surface area contributed by atoms with Gasteiger partial charge in [0.15, 0.2) is 9.84 Å². The third-order valence-corrected chi connectivity index (χ3v) is 3.52. The Kier molecular flexibility index (Phi) is 5.44. The standard InChI is InChI=1S/C9H14N2O4S/c1-4-8(12)11-9(13)10-6-7(3)16(14,15)5-2/h4-5,7H,1-2,6H2,3H3,(H2,10,11,12,13). The molecule has 0 saturated carbocycles. The molecule has 90 valence electrons. The van der Waals surface area contributed by atoms with Crippen molar-refractivity contribution < 1.29 is 18.0 Å². The molecule has 0 aliphatic rings. The zero-order valence-electron chi connectivity index (χ0n) is 8.89. The smallest absolute Gasteiger partial charge is 0.321 e. The number of hydrogen-bond donors (Lipinski definition) is 2. The molecule has 1 unspecified atom stereocenters. The van der Waals surface area contributed by atoms with Crippen molar-refractivity contribution in [2.75, 3.05) is 6.54 Å². The molecule has 0 fully saturated rings. The fraction of sp³-hybridized carbons (Fsp3) is 0.333. The van der Waals surface area contributed by atoms with Crippen LogP contribution in [0.15, 0.2) is 24.6 Å². The molecule has 3 amide bonds. The lowest BCUT2D eigenvalue weighted by atomic mass is 10.5. The Morgan fingerprint density at radius 1 is 1.38 bits per heavy atom. The molecule has 1 atom stereocenters. The Morgan fingerprint density at radius 3 is 2.38 bits per heavy atom. The van der Waals surface area contributed by atoms with Gasteiger partial charge in [-0.2, -0.15) is 0 Å². The number of imide groups is 1. The summed E-state index contributed by atoms with van der Waals surface area (Å²) >= 11 is 0. The number of sulfone groups is 1. The van der Waals surface area contributed by atoms with Gasteiger partial charge in [-0.25, -0.2) is 13.2 Å². The zero-order chi connectivity index (χ0) is 12.8. The van der Waals surface area contributed by atoms with Crippen LogP contribution >= 0.6 is 0 Å². The van der Waals surface area contributed by atoms with E-state index in [4.69, 9.17) is 0 Å². The maximum Gasteiger partial charge on any atom is 0.321 e. The van der Waals surface area contributed by atoms with Crippen LogP contribution in [0.4, 0.5) is 4.79 Å². The maximum atomic E-state index is 11.2. The number of urea groups is 1. The van der Waals surface area contributed by atoms with Crippen molar-refractivity contribution in [3.05, 3.63) is 24.6 Å². The number of nitrogens with one attached hydrogen (secondary N) is 2. The third kappa shape index (κ3) is 4.74. The molecule has 6 nitrogen and oxygen atoms in total. The largest absolute Gasteiger partial charge is 0.336 e.